The third-order valence-electron chi connectivity index (χ3n) is 5.60. The van der Waals surface area contributed by atoms with Crippen LogP contribution >= 0.6 is 0 Å². The van der Waals surface area contributed by atoms with E-state index in [1.54, 1.807) is 22.3 Å². The van der Waals surface area contributed by atoms with Crippen LogP contribution in [0.15, 0.2) is 43.8 Å². The van der Waals surface area contributed by atoms with Gasteiger partial charge in [0, 0.05) is 0 Å². The molecule has 0 heterocycles. The molecule has 3 aliphatic rings. The van der Waals surface area contributed by atoms with Crippen LogP contribution in [0.4, 0.5) is 0 Å². The van der Waals surface area contributed by atoms with E-state index in [1.165, 1.54) is 32.1 Å². The minimum absolute atomic E-state index is 0. The third-order valence-corrected chi connectivity index (χ3v) is 10.5. The fourth-order valence-corrected chi connectivity index (χ4v) is 8.62. The molecule has 0 amide bonds. The molecule has 0 nitrogen and oxygen atoms in total. The van der Waals surface area contributed by atoms with Crippen LogP contribution in [0.25, 0.3) is 0 Å². The summed E-state index contributed by atoms with van der Waals surface area (Å²) in [5.74, 6) is 0. The fourth-order valence-electron chi connectivity index (χ4n) is 3.88. The predicted octanol–water partition coefficient (Wildman–Crippen LogP) is -0.270. The van der Waals surface area contributed by atoms with Crippen LogP contribution < -0.4 is 24.8 Å². The monoisotopic (exact) mass is 427 g/mol. The molecule has 0 saturated heterocycles. The average Bonchev–Trinajstić information content (AvgIpc) is 3.05. The largest absolute Gasteiger partial charge is 1.00 e. The van der Waals surface area contributed by atoms with E-state index in [9.17, 15) is 0 Å². The summed E-state index contributed by atoms with van der Waals surface area (Å²) >= 11 is -0.549. The van der Waals surface area contributed by atoms with Crippen molar-refractivity contribution < 1.29 is 47.6 Å². The molecule has 1 fully saturated rings. The van der Waals surface area contributed by atoms with E-state index in [4.69, 9.17) is 0 Å². The number of allylic oxidation sites excluding steroid dienone is 8. The molecule has 0 atom stereocenters. The molecule has 3 heteroatoms. The van der Waals surface area contributed by atoms with Gasteiger partial charge in [0.2, 0.25) is 0 Å². The van der Waals surface area contributed by atoms with Gasteiger partial charge in [-0.2, -0.15) is 0 Å². The van der Waals surface area contributed by atoms with Crippen molar-refractivity contribution in [2.45, 2.75) is 66.2 Å². The molecule has 0 N–H and O–H groups in total. The average molecular weight is 430 g/mol. The summed E-state index contributed by atoms with van der Waals surface area (Å²) in [5.41, 5.74) is 6.79. The van der Waals surface area contributed by atoms with Gasteiger partial charge in [0.1, 0.15) is 0 Å². The van der Waals surface area contributed by atoms with Gasteiger partial charge in [0.25, 0.3) is 0 Å². The maximum atomic E-state index is 2.47. The molecule has 23 heavy (non-hydrogen) atoms. The molecule has 0 bridgehead atoms. The quantitative estimate of drug-likeness (QED) is 0.567. The van der Waals surface area contributed by atoms with Gasteiger partial charge < -0.3 is 24.8 Å². The van der Waals surface area contributed by atoms with E-state index in [-0.39, 0.29) is 24.8 Å². The molecule has 0 spiro atoms. The summed E-state index contributed by atoms with van der Waals surface area (Å²) < 4.78 is 3.84. The number of halogens is 2. The smallest absolute Gasteiger partial charge is 1.00 e. The van der Waals surface area contributed by atoms with Crippen molar-refractivity contribution >= 4 is 3.21 Å². The van der Waals surface area contributed by atoms with Crippen molar-refractivity contribution in [3.05, 3.63) is 43.8 Å². The van der Waals surface area contributed by atoms with Crippen LogP contribution in [0.5, 0.6) is 0 Å². The first kappa shape index (κ1) is 21.3. The molecule has 3 rings (SSSR count). The summed E-state index contributed by atoms with van der Waals surface area (Å²) in [7, 11) is 0. The maximum absolute atomic E-state index is 2.47. The predicted molar refractivity (Wildman–Crippen MR) is 89.1 cm³/mol. The van der Waals surface area contributed by atoms with Gasteiger partial charge in [-0.3, -0.25) is 0 Å². The van der Waals surface area contributed by atoms with Gasteiger partial charge in [-0.1, -0.05) is 0 Å². The molecule has 1 saturated carbocycles. The number of hydrogen-bond acceptors (Lipinski definition) is 0. The molecular formula is C20H27Cl2Zr. The number of rotatable bonds is 2. The molecule has 0 aromatic carbocycles. The van der Waals surface area contributed by atoms with Crippen molar-refractivity contribution in [2.24, 2.45) is 5.41 Å². The van der Waals surface area contributed by atoms with E-state index in [0.29, 0.717) is 5.41 Å². The van der Waals surface area contributed by atoms with Crippen molar-refractivity contribution in [1.29, 1.82) is 0 Å². The van der Waals surface area contributed by atoms with Crippen LogP contribution in [0.2, 0.25) is 0 Å². The fraction of sp³-hybridized carbons (Fsp3) is 0.550. The Morgan fingerprint density at radius 2 is 1.65 bits per heavy atom. The first-order valence-electron chi connectivity index (χ1n) is 8.42. The van der Waals surface area contributed by atoms with Crippen LogP contribution in [-0.2, 0) is 22.8 Å². The van der Waals surface area contributed by atoms with Gasteiger partial charge in [-0.15, -0.1) is 0 Å². The summed E-state index contributed by atoms with van der Waals surface area (Å²) in [5, 5.41) is 0. The second kappa shape index (κ2) is 8.59. The molecule has 0 aromatic rings. The van der Waals surface area contributed by atoms with E-state index >= 15 is 0 Å². The molecule has 0 unspecified atom stereocenters. The summed E-state index contributed by atoms with van der Waals surface area (Å²) in [6.45, 7) is 9.68. The minimum atomic E-state index is -0.549. The molecular weight excluding hydrogens is 402 g/mol. The topological polar surface area (TPSA) is 0 Å². The summed E-state index contributed by atoms with van der Waals surface area (Å²) in [4.78, 5) is 0. The normalized spacial score (nSPS) is 22.6. The SMILES string of the molecule is CC1=C(C)C(C)(C)[C]([Zr+2]=[C]2CCCCC2)=C1C1=CC=CC1.[Cl-].[Cl-]. The minimum Gasteiger partial charge on any atom is -1.00 e. The van der Waals surface area contributed by atoms with Crippen LogP contribution in [-0.4, -0.2) is 3.21 Å². The van der Waals surface area contributed by atoms with E-state index in [0.717, 1.165) is 6.42 Å². The first-order valence-corrected chi connectivity index (χ1v) is 10.9. The first-order chi connectivity index (χ1) is 10.0. The second-order valence-corrected chi connectivity index (χ2v) is 10.8. The van der Waals surface area contributed by atoms with E-state index in [1.807, 2.05) is 6.49 Å². The third kappa shape index (κ3) is 4.10. The number of hydrogen-bond donors (Lipinski definition) is 0. The van der Waals surface area contributed by atoms with Gasteiger partial charge in [-0.25, -0.2) is 0 Å². The van der Waals surface area contributed by atoms with Crippen LogP contribution in [0.1, 0.15) is 66.2 Å². The van der Waals surface area contributed by atoms with Gasteiger partial charge >= 0.3 is 141 Å². The van der Waals surface area contributed by atoms with Crippen molar-refractivity contribution in [2.75, 3.05) is 0 Å². The Balaban J connectivity index is 0.00000132. The van der Waals surface area contributed by atoms with Crippen molar-refractivity contribution in [3.63, 3.8) is 0 Å². The molecule has 0 aromatic heterocycles. The van der Waals surface area contributed by atoms with Crippen LogP contribution in [0, 0.1) is 5.41 Å². The van der Waals surface area contributed by atoms with Gasteiger partial charge in [0.15, 0.2) is 0 Å². The molecule has 125 valence electrons. The van der Waals surface area contributed by atoms with Gasteiger partial charge in [0.05, 0.1) is 0 Å². The molecule has 0 radical (unpaired) electrons. The standard InChI is InChI=1S/C14H17.C6H10.2ClH.Zr/c1-10-11(2)14(3,4)9-13(10)12-7-5-6-8-12;1-2-4-6-5-3-1;;;/h5-7H,8H2,1-4H3;1-5H2;2*1H;/q;;;;+2/p-2. The zero-order chi connectivity index (χ0) is 15.0. The molecule has 0 aliphatic heterocycles. The Labute approximate surface area is 165 Å². The Bertz CT molecular complexity index is 608. The molecule has 3 aliphatic carbocycles. The zero-order valence-corrected chi connectivity index (χ0v) is 18.7. The second-order valence-electron chi connectivity index (χ2n) is 7.24. The van der Waals surface area contributed by atoms with Gasteiger partial charge in [-0.05, 0) is 0 Å². The Hall–Kier alpha value is 0.293. The Kier molecular flexibility index (Phi) is 7.97. The summed E-state index contributed by atoms with van der Waals surface area (Å²) in [6, 6.07) is 0. The van der Waals surface area contributed by atoms with E-state index in [2.05, 4.69) is 45.9 Å². The zero-order valence-electron chi connectivity index (χ0n) is 14.7. The van der Waals surface area contributed by atoms with Crippen molar-refractivity contribution in [1.82, 2.24) is 0 Å². The van der Waals surface area contributed by atoms with Crippen molar-refractivity contribution in [3.8, 4) is 0 Å². The summed E-state index contributed by atoms with van der Waals surface area (Å²) in [6.07, 6.45) is 15.3. The Morgan fingerprint density at radius 3 is 2.22 bits per heavy atom. The van der Waals surface area contributed by atoms with Crippen LogP contribution in [0.3, 0.4) is 0 Å². The maximum Gasteiger partial charge on any atom is -1.00 e. The Morgan fingerprint density at radius 1 is 1.00 bits per heavy atom. The van der Waals surface area contributed by atoms with E-state index < -0.39 is 22.8 Å².